The molecule has 6 nitrogen and oxygen atoms in total. The van der Waals surface area contributed by atoms with Crippen molar-refractivity contribution in [1.29, 1.82) is 0 Å². The average molecular weight is 300 g/mol. The molecule has 0 bridgehead atoms. The Hall–Kier alpha value is -1.30. The molecule has 21 heavy (non-hydrogen) atoms. The predicted octanol–water partition coefficient (Wildman–Crippen LogP) is 1.99. The third-order valence-electron chi connectivity index (χ3n) is 4.15. The summed E-state index contributed by atoms with van der Waals surface area (Å²) in [6.07, 6.45) is 3.58. The summed E-state index contributed by atoms with van der Waals surface area (Å²) in [4.78, 5) is 22.2. The van der Waals surface area contributed by atoms with Crippen LogP contribution in [0.15, 0.2) is 0 Å². The SMILES string of the molecule is CC(CCNC(=O)NCC1(C)CCOCC1)CCC(=O)O. The fourth-order valence-electron chi connectivity index (χ4n) is 2.34. The number of carboxylic acid groups (broad SMARTS) is 1. The Morgan fingerprint density at radius 1 is 1.24 bits per heavy atom. The van der Waals surface area contributed by atoms with Crippen molar-refractivity contribution in [3.05, 3.63) is 0 Å². The molecule has 0 aromatic heterocycles. The molecule has 0 aromatic rings. The number of rotatable bonds is 8. The highest BCUT2D eigenvalue weighted by Crippen LogP contribution is 2.28. The quantitative estimate of drug-likeness (QED) is 0.640. The smallest absolute Gasteiger partial charge is 0.314 e. The summed E-state index contributed by atoms with van der Waals surface area (Å²) < 4.78 is 5.33. The van der Waals surface area contributed by atoms with Gasteiger partial charge in [-0.3, -0.25) is 4.79 Å². The largest absolute Gasteiger partial charge is 0.481 e. The van der Waals surface area contributed by atoms with Crippen LogP contribution in [0.1, 0.15) is 46.0 Å². The third-order valence-corrected chi connectivity index (χ3v) is 4.15. The zero-order chi connectivity index (χ0) is 15.7. The van der Waals surface area contributed by atoms with Crippen LogP contribution >= 0.6 is 0 Å². The minimum Gasteiger partial charge on any atom is -0.481 e. The van der Waals surface area contributed by atoms with Crippen LogP contribution in [0.3, 0.4) is 0 Å². The number of carbonyl (C=O) groups excluding carboxylic acids is 1. The number of amides is 2. The molecule has 122 valence electrons. The monoisotopic (exact) mass is 300 g/mol. The van der Waals surface area contributed by atoms with E-state index in [1.54, 1.807) is 0 Å². The van der Waals surface area contributed by atoms with Crippen LogP contribution in [-0.2, 0) is 9.53 Å². The molecule has 2 amide bonds. The summed E-state index contributed by atoms with van der Waals surface area (Å²) in [6.45, 7) is 6.94. The number of hydrogen-bond donors (Lipinski definition) is 3. The maximum absolute atomic E-state index is 11.7. The Bertz CT molecular complexity index is 341. The van der Waals surface area contributed by atoms with Crippen LogP contribution < -0.4 is 10.6 Å². The molecule has 1 atom stereocenters. The summed E-state index contributed by atoms with van der Waals surface area (Å²) in [6, 6.07) is -0.145. The molecule has 1 heterocycles. The summed E-state index contributed by atoms with van der Waals surface area (Å²) >= 11 is 0. The zero-order valence-corrected chi connectivity index (χ0v) is 13.1. The molecule has 0 saturated carbocycles. The molecule has 0 aliphatic carbocycles. The van der Waals surface area contributed by atoms with Crippen molar-refractivity contribution >= 4 is 12.0 Å². The van der Waals surface area contributed by atoms with Crippen LogP contribution in [0.5, 0.6) is 0 Å². The van der Waals surface area contributed by atoms with E-state index in [0.717, 1.165) is 32.5 Å². The van der Waals surface area contributed by atoms with Gasteiger partial charge in [-0.1, -0.05) is 13.8 Å². The van der Waals surface area contributed by atoms with Crippen molar-refractivity contribution in [3.8, 4) is 0 Å². The number of aliphatic carboxylic acids is 1. The predicted molar refractivity (Wildman–Crippen MR) is 80.2 cm³/mol. The van der Waals surface area contributed by atoms with Crippen molar-refractivity contribution in [2.75, 3.05) is 26.3 Å². The van der Waals surface area contributed by atoms with E-state index in [4.69, 9.17) is 9.84 Å². The van der Waals surface area contributed by atoms with Crippen LogP contribution in [0.25, 0.3) is 0 Å². The molecule has 0 aromatic carbocycles. The number of carbonyl (C=O) groups is 2. The van der Waals surface area contributed by atoms with Gasteiger partial charge in [0.15, 0.2) is 0 Å². The summed E-state index contributed by atoms with van der Waals surface area (Å²) in [5, 5.41) is 14.4. The van der Waals surface area contributed by atoms with Gasteiger partial charge >= 0.3 is 12.0 Å². The highest BCUT2D eigenvalue weighted by atomic mass is 16.5. The average Bonchev–Trinajstić information content (AvgIpc) is 2.44. The molecule has 1 aliphatic heterocycles. The van der Waals surface area contributed by atoms with Crippen LogP contribution in [0, 0.1) is 11.3 Å². The van der Waals surface area contributed by atoms with E-state index in [2.05, 4.69) is 17.6 Å². The summed E-state index contributed by atoms with van der Waals surface area (Å²) in [5.74, 6) is -0.466. The first-order valence-electron chi connectivity index (χ1n) is 7.72. The van der Waals surface area contributed by atoms with Gasteiger partial charge in [0.1, 0.15) is 0 Å². The van der Waals surface area contributed by atoms with E-state index in [1.165, 1.54) is 0 Å². The number of ether oxygens (including phenoxy) is 1. The van der Waals surface area contributed by atoms with Crippen molar-refractivity contribution in [1.82, 2.24) is 10.6 Å². The lowest BCUT2D eigenvalue weighted by Crippen LogP contribution is -2.44. The molecule has 0 radical (unpaired) electrons. The summed E-state index contributed by atoms with van der Waals surface area (Å²) in [5.41, 5.74) is 0.129. The van der Waals surface area contributed by atoms with Crippen LogP contribution in [0.2, 0.25) is 0 Å². The van der Waals surface area contributed by atoms with Crippen LogP contribution in [-0.4, -0.2) is 43.4 Å². The highest BCUT2D eigenvalue weighted by Gasteiger charge is 2.27. The molecule has 1 rings (SSSR count). The van der Waals surface area contributed by atoms with Crippen molar-refractivity contribution in [3.63, 3.8) is 0 Å². The van der Waals surface area contributed by atoms with Crippen LogP contribution in [0.4, 0.5) is 4.79 Å². The van der Waals surface area contributed by atoms with E-state index < -0.39 is 5.97 Å². The lowest BCUT2D eigenvalue weighted by Gasteiger charge is -2.33. The number of carboxylic acids is 1. The van der Waals surface area contributed by atoms with E-state index in [1.807, 2.05) is 6.92 Å². The lowest BCUT2D eigenvalue weighted by molar-refractivity contribution is -0.137. The van der Waals surface area contributed by atoms with Crippen molar-refractivity contribution in [2.45, 2.75) is 46.0 Å². The maximum Gasteiger partial charge on any atom is 0.314 e. The molecule has 1 fully saturated rings. The molecule has 6 heteroatoms. The minimum atomic E-state index is -0.766. The molecular weight excluding hydrogens is 272 g/mol. The van der Waals surface area contributed by atoms with Gasteiger partial charge in [0.05, 0.1) is 0 Å². The van der Waals surface area contributed by atoms with E-state index in [9.17, 15) is 9.59 Å². The first-order valence-corrected chi connectivity index (χ1v) is 7.72. The topological polar surface area (TPSA) is 87.7 Å². The summed E-state index contributed by atoms with van der Waals surface area (Å²) in [7, 11) is 0. The Morgan fingerprint density at radius 2 is 1.90 bits per heavy atom. The van der Waals surface area contributed by atoms with Gasteiger partial charge in [-0.25, -0.2) is 4.79 Å². The second-order valence-electron chi connectivity index (χ2n) is 6.36. The van der Waals surface area contributed by atoms with E-state index in [-0.39, 0.29) is 17.9 Å². The normalized spacial score (nSPS) is 18.8. The third kappa shape index (κ3) is 7.90. The fourth-order valence-corrected chi connectivity index (χ4v) is 2.34. The Balaban J connectivity index is 2.09. The highest BCUT2D eigenvalue weighted by molar-refractivity contribution is 5.73. The van der Waals surface area contributed by atoms with Gasteiger partial charge in [0, 0.05) is 32.7 Å². The van der Waals surface area contributed by atoms with Gasteiger partial charge < -0.3 is 20.5 Å². The molecular formula is C15H28N2O4. The number of hydrogen-bond acceptors (Lipinski definition) is 3. The van der Waals surface area contributed by atoms with Gasteiger partial charge in [-0.15, -0.1) is 0 Å². The first-order chi connectivity index (χ1) is 9.91. The first kappa shape index (κ1) is 17.8. The standard InChI is InChI=1S/C15H28N2O4/c1-12(3-4-13(18)19)5-8-16-14(20)17-11-15(2)6-9-21-10-7-15/h12H,3-11H2,1-2H3,(H,18,19)(H2,16,17,20). The van der Waals surface area contributed by atoms with Gasteiger partial charge in [0.2, 0.25) is 0 Å². The van der Waals surface area contributed by atoms with Crippen molar-refractivity contribution < 1.29 is 19.4 Å². The van der Waals surface area contributed by atoms with Gasteiger partial charge in [-0.2, -0.15) is 0 Å². The lowest BCUT2D eigenvalue weighted by atomic mass is 9.82. The Labute approximate surface area is 126 Å². The van der Waals surface area contributed by atoms with Crippen molar-refractivity contribution in [2.24, 2.45) is 11.3 Å². The van der Waals surface area contributed by atoms with Gasteiger partial charge in [0.25, 0.3) is 0 Å². The molecule has 1 unspecified atom stereocenters. The fraction of sp³-hybridized carbons (Fsp3) is 0.867. The van der Waals surface area contributed by atoms with E-state index >= 15 is 0 Å². The number of nitrogens with one attached hydrogen (secondary N) is 2. The second-order valence-corrected chi connectivity index (χ2v) is 6.36. The molecule has 3 N–H and O–H groups in total. The van der Waals surface area contributed by atoms with E-state index in [0.29, 0.717) is 25.4 Å². The Morgan fingerprint density at radius 3 is 2.52 bits per heavy atom. The van der Waals surface area contributed by atoms with Gasteiger partial charge in [-0.05, 0) is 37.0 Å². The minimum absolute atomic E-state index is 0.129. The Kier molecular flexibility index (Phi) is 7.50. The molecule has 1 aliphatic rings. The molecule has 0 spiro atoms. The molecule has 1 saturated heterocycles. The zero-order valence-electron chi connectivity index (χ0n) is 13.1. The maximum atomic E-state index is 11.7. The second kappa shape index (κ2) is 8.87. The number of urea groups is 1.